The molecular weight excluding hydrogens is 294 g/mol. The van der Waals surface area contributed by atoms with Gasteiger partial charge >= 0.3 is 0 Å². The zero-order chi connectivity index (χ0) is 16.4. The van der Waals surface area contributed by atoms with E-state index in [9.17, 15) is 9.59 Å². The van der Waals surface area contributed by atoms with E-state index in [0.29, 0.717) is 17.9 Å². The van der Waals surface area contributed by atoms with Crippen LogP contribution >= 0.6 is 0 Å². The fourth-order valence-electron chi connectivity index (χ4n) is 3.35. The smallest absolute Gasteiger partial charge is 0.209 e. The standard InChI is InChI=1S/C18H21NO4/c1-22-16-9-13-8-14(18(21)15(13)10-17(16)23-2)7-12-3-5-19(11-20)6-4-12/h7,9-11,14H,3-6,8H2,1-2H3. The first-order valence-corrected chi connectivity index (χ1v) is 7.84. The second kappa shape index (κ2) is 6.44. The fourth-order valence-corrected chi connectivity index (χ4v) is 3.35. The number of carbonyl (C=O) groups is 2. The van der Waals surface area contributed by atoms with Crippen molar-refractivity contribution in [1.82, 2.24) is 4.90 Å². The Labute approximate surface area is 135 Å². The molecule has 1 atom stereocenters. The van der Waals surface area contributed by atoms with Gasteiger partial charge < -0.3 is 14.4 Å². The Bertz CT molecular complexity index is 655. The number of likely N-dealkylation sites (tertiary alicyclic amines) is 1. The highest BCUT2D eigenvalue weighted by molar-refractivity contribution is 6.04. The Morgan fingerprint density at radius 3 is 2.39 bits per heavy atom. The first kappa shape index (κ1) is 15.6. The molecule has 0 aromatic heterocycles. The largest absolute Gasteiger partial charge is 0.493 e. The van der Waals surface area contributed by atoms with Gasteiger partial charge in [0.1, 0.15) is 0 Å². The van der Waals surface area contributed by atoms with Gasteiger partial charge in [-0.2, -0.15) is 0 Å². The summed E-state index contributed by atoms with van der Waals surface area (Å²) in [6.07, 6.45) is 5.40. The lowest BCUT2D eigenvalue weighted by Gasteiger charge is -2.25. The van der Waals surface area contributed by atoms with Gasteiger partial charge in [0.05, 0.1) is 14.2 Å². The van der Waals surface area contributed by atoms with Gasteiger partial charge in [-0.15, -0.1) is 0 Å². The van der Waals surface area contributed by atoms with Crippen molar-refractivity contribution < 1.29 is 19.1 Å². The van der Waals surface area contributed by atoms with Crippen molar-refractivity contribution in [1.29, 1.82) is 0 Å². The van der Waals surface area contributed by atoms with Crippen molar-refractivity contribution >= 4 is 12.2 Å². The number of ether oxygens (including phenoxy) is 2. The highest BCUT2D eigenvalue weighted by Crippen LogP contribution is 2.37. The number of benzene rings is 1. The zero-order valence-electron chi connectivity index (χ0n) is 13.5. The van der Waals surface area contributed by atoms with Crippen molar-refractivity contribution in [2.45, 2.75) is 19.3 Å². The zero-order valence-corrected chi connectivity index (χ0v) is 13.5. The Hall–Kier alpha value is -2.30. The van der Waals surface area contributed by atoms with Gasteiger partial charge in [0, 0.05) is 24.6 Å². The average Bonchev–Trinajstić information content (AvgIpc) is 2.89. The van der Waals surface area contributed by atoms with Crippen LogP contribution in [0.15, 0.2) is 23.8 Å². The molecule has 1 aromatic rings. The van der Waals surface area contributed by atoms with Crippen LogP contribution in [0.3, 0.4) is 0 Å². The number of hydrogen-bond acceptors (Lipinski definition) is 4. The Kier molecular flexibility index (Phi) is 4.37. The number of Topliss-reactive ketones (excluding diaryl/α,β-unsaturated/α-hetero) is 1. The number of ketones is 1. The van der Waals surface area contributed by atoms with E-state index in [4.69, 9.17) is 9.47 Å². The maximum absolute atomic E-state index is 12.7. The minimum absolute atomic E-state index is 0.111. The predicted molar refractivity (Wildman–Crippen MR) is 86.0 cm³/mol. The molecule has 5 nitrogen and oxygen atoms in total. The van der Waals surface area contributed by atoms with Gasteiger partial charge in [0.15, 0.2) is 17.3 Å². The van der Waals surface area contributed by atoms with Crippen molar-refractivity contribution in [3.63, 3.8) is 0 Å². The number of carbonyl (C=O) groups excluding carboxylic acids is 2. The molecule has 1 amide bonds. The van der Waals surface area contributed by atoms with E-state index in [-0.39, 0.29) is 11.7 Å². The van der Waals surface area contributed by atoms with Crippen LogP contribution in [0.1, 0.15) is 28.8 Å². The first-order valence-electron chi connectivity index (χ1n) is 7.84. The van der Waals surface area contributed by atoms with Crippen LogP contribution in [-0.4, -0.2) is 44.4 Å². The van der Waals surface area contributed by atoms with Crippen LogP contribution in [0.5, 0.6) is 11.5 Å². The summed E-state index contributed by atoms with van der Waals surface area (Å²) in [5.41, 5.74) is 3.02. The highest BCUT2D eigenvalue weighted by atomic mass is 16.5. The molecular formula is C18H21NO4. The molecule has 2 aliphatic rings. The number of allylic oxidation sites excluding steroid dienone is 1. The third kappa shape index (κ3) is 2.96. The molecule has 0 N–H and O–H groups in total. The van der Waals surface area contributed by atoms with Gasteiger partial charge in [0.2, 0.25) is 6.41 Å². The molecule has 1 aliphatic heterocycles. The van der Waals surface area contributed by atoms with Crippen molar-refractivity contribution in [2.24, 2.45) is 5.92 Å². The van der Waals surface area contributed by atoms with Crippen molar-refractivity contribution in [2.75, 3.05) is 27.3 Å². The number of rotatable bonds is 4. The summed E-state index contributed by atoms with van der Waals surface area (Å²) < 4.78 is 10.6. The minimum atomic E-state index is -0.111. The quantitative estimate of drug-likeness (QED) is 0.631. The number of nitrogens with zero attached hydrogens (tertiary/aromatic N) is 1. The van der Waals surface area contributed by atoms with Gasteiger partial charge in [0.25, 0.3) is 0 Å². The molecule has 5 heteroatoms. The molecule has 122 valence electrons. The van der Waals surface area contributed by atoms with Crippen LogP contribution in [-0.2, 0) is 11.2 Å². The summed E-state index contributed by atoms with van der Waals surface area (Å²) in [5, 5.41) is 0. The Morgan fingerprint density at radius 1 is 1.13 bits per heavy atom. The lowest BCUT2D eigenvalue weighted by Crippen LogP contribution is -2.29. The summed E-state index contributed by atoms with van der Waals surface area (Å²) in [5.74, 6) is 1.28. The van der Waals surface area contributed by atoms with E-state index in [2.05, 4.69) is 6.08 Å². The molecule has 1 fully saturated rings. The SMILES string of the molecule is COc1cc2c(cc1OC)C(=O)C(C=C1CCN(C=O)CC1)C2. The van der Waals surface area contributed by atoms with Crippen LogP contribution in [0.25, 0.3) is 0 Å². The normalized spacial score (nSPS) is 20.3. The van der Waals surface area contributed by atoms with E-state index in [1.54, 1.807) is 25.2 Å². The van der Waals surface area contributed by atoms with Gasteiger partial charge in [-0.25, -0.2) is 0 Å². The number of amides is 1. The lowest BCUT2D eigenvalue weighted by molar-refractivity contribution is -0.118. The lowest BCUT2D eigenvalue weighted by atomic mass is 9.96. The van der Waals surface area contributed by atoms with Gasteiger partial charge in [-0.3, -0.25) is 9.59 Å². The third-order valence-corrected chi connectivity index (χ3v) is 4.68. The first-order chi connectivity index (χ1) is 11.2. The van der Waals surface area contributed by atoms with Crippen LogP contribution < -0.4 is 9.47 Å². The van der Waals surface area contributed by atoms with E-state index >= 15 is 0 Å². The van der Waals surface area contributed by atoms with E-state index in [1.165, 1.54) is 5.57 Å². The number of fused-ring (bicyclic) bond motifs is 1. The maximum atomic E-state index is 12.7. The monoisotopic (exact) mass is 315 g/mol. The molecule has 3 rings (SSSR count). The van der Waals surface area contributed by atoms with Crippen LogP contribution in [0, 0.1) is 5.92 Å². The van der Waals surface area contributed by atoms with Crippen LogP contribution in [0.4, 0.5) is 0 Å². The fraction of sp³-hybridized carbons (Fsp3) is 0.444. The molecule has 0 bridgehead atoms. The number of hydrogen-bond donors (Lipinski definition) is 0. The summed E-state index contributed by atoms with van der Waals surface area (Å²) in [6, 6.07) is 3.68. The van der Waals surface area contributed by atoms with E-state index < -0.39 is 0 Å². The highest BCUT2D eigenvalue weighted by Gasteiger charge is 2.31. The summed E-state index contributed by atoms with van der Waals surface area (Å²) in [7, 11) is 3.17. The predicted octanol–water partition coefficient (Wildman–Crippen LogP) is 2.24. The number of piperidine rings is 1. The molecule has 1 saturated heterocycles. The summed E-state index contributed by atoms with van der Waals surface area (Å²) in [4.78, 5) is 25.2. The average molecular weight is 315 g/mol. The Balaban J connectivity index is 1.80. The second-order valence-electron chi connectivity index (χ2n) is 6.01. The molecule has 23 heavy (non-hydrogen) atoms. The molecule has 1 heterocycles. The van der Waals surface area contributed by atoms with Gasteiger partial charge in [-0.1, -0.05) is 11.6 Å². The minimum Gasteiger partial charge on any atom is -0.493 e. The molecule has 0 radical (unpaired) electrons. The summed E-state index contributed by atoms with van der Waals surface area (Å²) >= 11 is 0. The van der Waals surface area contributed by atoms with E-state index in [1.807, 2.05) is 6.07 Å². The molecule has 1 unspecified atom stereocenters. The van der Waals surface area contributed by atoms with Crippen molar-refractivity contribution in [3.8, 4) is 11.5 Å². The van der Waals surface area contributed by atoms with Gasteiger partial charge in [-0.05, 0) is 37.0 Å². The maximum Gasteiger partial charge on any atom is 0.209 e. The number of methoxy groups -OCH3 is 2. The molecule has 0 saturated carbocycles. The second-order valence-corrected chi connectivity index (χ2v) is 6.01. The molecule has 0 spiro atoms. The molecule has 1 aliphatic carbocycles. The van der Waals surface area contributed by atoms with E-state index in [0.717, 1.165) is 43.5 Å². The Morgan fingerprint density at radius 2 is 1.78 bits per heavy atom. The molecule has 1 aromatic carbocycles. The third-order valence-electron chi connectivity index (χ3n) is 4.68. The van der Waals surface area contributed by atoms with Crippen LogP contribution in [0.2, 0.25) is 0 Å². The topological polar surface area (TPSA) is 55.8 Å². The van der Waals surface area contributed by atoms with Crippen molar-refractivity contribution in [3.05, 3.63) is 34.9 Å². The summed E-state index contributed by atoms with van der Waals surface area (Å²) in [6.45, 7) is 1.48.